The SMILES string of the molecule is NC(=O)[CH]c1cn2ccsc2n1. The summed E-state index contributed by atoms with van der Waals surface area (Å²) < 4.78 is 1.85. The van der Waals surface area contributed by atoms with Crippen molar-refractivity contribution < 1.29 is 4.79 Å². The Morgan fingerprint density at radius 2 is 2.58 bits per heavy atom. The highest BCUT2D eigenvalue weighted by Crippen LogP contribution is 2.11. The van der Waals surface area contributed by atoms with E-state index in [2.05, 4.69) is 4.98 Å². The number of nitrogens with two attached hydrogens (primary N) is 1. The highest BCUT2D eigenvalue weighted by atomic mass is 32.1. The Morgan fingerprint density at radius 1 is 1.75 bits per heavy atom. The molecule has 0 aliphatic heterocycles. The number of carbonyl (C=O) groups is 1. The topological polar surface area (TPSA) is 60.4 Å². The Hall–Kier alpha value is -1.36. The maximum atomic E-state index is 10.5. The Morgan fingerprint density at radius 3 is 3.25 bits per heavy atom. The molecule has 5 heteroatoms. The van der Waals surface area contributed by atoms with Crippen molar-refractivity contribution in [3.05, 3.63) is 29.9 Å². The molecule has 0 saturated carbocycles. The van der Waals surface area contributed by atoms with Crippen molar-refractivity contribution >= 4 is 22.2 Å². The summed E-state index contributed by atoms with van der Waals surface area (Å²) in [5.41, 5.74) is 5.58. The number of aromatic nitrogens is 2. The molecule has 0 unspecified atom stereocenters. The van der Waals surface area contributed by atoms with Gasteiger partial charge in [-0.2, -0.15) is 0 Å². The normalized spacial score (nSPS) is 10.7. The summed E-state index contributed by atoms with van der Waals surface area (Å²) >= 11 is 1.51. The first-order valence-corrected chi connectivity index (χ1v) is 4.20. The molecule has 0 aromatic carbocycles. The molecule has 0 fully saturated rings. The van der Waals surface area contributed by atoms with Crippen LogP contribution in [0.5, 0.6) is 0 Å². The fraction of sp³-hybridized carbons (Fsp3) is 0. The lowest BCUT2D eigenvalue weighted by molar-refractivity contribution is -0.114. The van der Waals surface area contributed by atoms with Crippen LogP contribution >= 0.6 is 11.3 Å². The Bertz CT molecular complexity index is 388. The van der Waals surface area contributed by atoms with Gasteiger partial charge < -0.3 is 5.73 Å². The van der Waals surface area contributed by atoms with Crippen LogP contribution in [0.25, 0.3) is 4.96 Å². The van der Waals surface area contributed by atoms with E-state index in [1.165, 1.54) is 17.8 Å². The zero-order valence-corrected chi connectivity index (χ0v) is 6.91. The third kappa shape index (κ3) is 1.18. The van der Waals surface area contributed by atoms with E-state index in [4.69, 9.17) is 5.73 Å². The van der Waals surface area contributed by atoms with Gasteiger partial charge in [-0.05, 0) is 0 Å². The number of thiazole rings is 1. The number of hydrogen-bond acceptors (Lipinski definition) is 3. The van der Waals surface area contributed by atoms with Crippen LogP contribution in [0.3, 0.4) is 0 Å². The van der Waals surface area contributed by atoms with E-state index in [1.54, 1.807) is 6.20 Å². The fourth-order valence-electron chi connectivity index (χ4n) is 0.961. The maximum Gasteiger partial charge on any atom is 0.227 e. The smallest absolute Gasteiger partial charge is 0.227 e. The lowest BCUT2D eigenvalue weighted by atomic mass is 10.3. The molecule has 2 rings (SSSR count). The number of carbonyl (C=O) groups excluding carboxylic acids is 1. The molecule has 0 bridgehead atoms. The third-order valence-electron chi connectivity index (χ3n) is 1.40. The number of imidazole rings is 1. The van der Waals surface area contributed by atoms with Crippen molar-refractivity contribution in [2.75, 3.05) is 0 Å². The van der Waals surface area contributed by atoms with Gasteiger partial charge in [0.05, 0.1) is 12.1 Å². The van der Waals surface area contributed by atoms with Crippen molar-refractivity contribution in [1.82, 2.24) is 9.38 Å². The van der Waals surface area contributed by atoms with E-state index in [-0.39, 0.29) is 0 Å². The molecule has 0 aliphatic rings. The highest BCUT2D eigenvalue weighted by molar-refractivity contribution is 7.15. The van der Waals surface area contributed by atoms with Gasteiger partial charge in [-0.15, -0.1) is 11.3 Å². The molecule has 61 valence electrons. The summed E-state index contributed by atoms with van der Waals surface area (Å²) in [7, 11) is 0. The van der Waals surface area contributed by atoms with Gasteiger partial charge in [-0.1, -0.05) is 0 Å². The summed E-state index contributed by atoms with van der Waals surface area (Å²) in [4.78, 5) is 15.5. The van der Waals surface area contributed by atoms with Crippen LogP contribution in [-0.4, -0.2) is 15.3 Å². The van der Waals surface area contributed by atoms with Crippen molar-refractivity contribution in [3.8, 4) is 0 Å². The molecule has 0 atom stereocenters. The summed E-state index contributed by atoms with van der Waals surface area (Å²) in [5, 5.41) is 1.93. The molecular formula is C7H6N3OS. The van der Waals surface area contributed by atoms with Gasteiger partial charge in [0.2, 0.25) is 5.91 Å². The largest absolute Gasteiger partial charge is 0.369 e. The second-order valence-electron chi connectivity index (χ2n) is 2.31. The van der Waals surface area contributed by atoms with Crippen molar-refractivity contribution in [2.45, 2.75) is 0 Å². The van der Waals surface area contributed by atoms with Crippen LogP contribution in [0, 0.1) is 6.42 Å². The van der Waals surface area contributed by atoms with Crippen LogP contribution in [0.2, 0.25) is 0 Å². The van der Waals surface area contributed by atoms with Crippen LogP contribution < -0.4 is 5.73 Å². The lowest BCUT2D eigenvalue weighted by Gasteiger charge is -1.85. The number of nitrogens with zero attached hydrogens (tertiary/aromatic N) is 2. The molecule has 1 amide bonds. The van der Waals surface area contributed by atoms with Crippen molar-refractivity contribution in [3.63, 3.8) is 0 Å². The Labute approximate surface area is 72.6 Å². The first-order chi connectivity index (χ1) is 5.75. The Balaban J connectivity index is 2.38. The molecule has 0 aliphatic carbocycles. The van der Waals surface area contributed by atoms with E-state index < -0.39 is 5.91 Å². The van der Waals surface area contributed by atoms with Gasteiger partial charge in [-0.3, -0.25) is 9.20 Å². The predicted octanol–water partition coefficient (Wildman–Crippen LogP) is 0.433. The van der Waals surface area contributed by atoms with E-state index in [1.807, 2.05) is 16.0 Å². The lowest BCUT2D eigenvalue weighted by Crippen LogP contribution is -2.11. The number of rotatable bonds is 2. The summed E-state index contributed by atoms with van der Waals surface area (Å²) in [6.07, 6.45) is 4.95. The van der Waals surface area contributed by atoms with Gasteiger partial charge in [0.15, 0.2) is 4.96 Å². The molecule has 2 aromatic rings. The molecule has 12 heavy (non-hydrogen) atoms. The van der Waals surface area contributed by atoms with Crippen molar-refractivity contribution in [2.24, 2.45) is 5.73 Å². The minimum Gasteiger partial charge on any atom is -0.369 e. The van der Waals surface area contributed by atoms with E-state index in [0.29, 0.717) is 5.69 Å². The quantitative estimate of drug-likeness (QED) is 0.728. The van der Waals surface area contributed by atoms with E-state index >= 15 is 0 Å². The van der Waals surface area contributed by atoms with Crippen LogP contribution in [0.15, 0.2) is 17.8 Å². The van der Waals surface area contributed by atoms with Crippen LogP contribution in [0.1, 0.15) is 5.69 Å². The summed E-state index contributed by atoms with van der Waals surface area (Å²) in [5.74, 6) is -0.472. The van der Waals surface area contributed by atoms with E-state index in [0.717, 1.165) is 4.96 Å². The first kappa shape index (κ1) is 7.30. The van der Waals surface area contributed by atoms with Crippen LogP contribution in [0.4, 0.5) is 0 Å². The molecule has 2 heterocycles. The van der Waals surface area contributed by atoms with Gasteiger partial charge in [-0.25, -0.2) is 4.98 Å². The number of amides is 1. The van der Waals surface area contributed by atoms with Gasteiger partial charge >= 0.3 is 0 Å². The first-order valence-electron chi connectivity index (χ1n) is 3.32. The molecule has 2 aromatic heterocycles. The van der Waals surface area contributed by atoms with Gasteiger partial charge in [0.1, 0.15) is 0 Å². The fourth-order valence-corrected chi connectivity index (χ4v) is 1.67. The third-order valence-corrected chi connectivity index (χ3v) is 2.17. The molecule has 0 saturated heterocycles. The Kier molecular flexibility index (Phi) is 1.58. The predicted molar refractivity (Wildman–Crippen MR) is 45.7 cm³/mol. The minimum absolute atomic E-state index is 0.472. The molecule has 4 nitrogen and oxygen atoms in total. The van der Waals surface area contributed by atoms with Gasteiger partial charge in [0.25, 0.3) is 0 Å². The van der Waals surface area contributed by atoms with Crippen LogP contribution in [-0.2, 0) is 4.79 Å². The zero-order valence-electron chi connectivity index (χ0n) is 6.10. The van der Waals surface area contributed by atoms with Gasteiger partial charge in [0, 0.05) is 17.8 Å². The zero-order chi connectivity index (χ0) is 8.55. The number of hydrogen-bond donors (Lipinski definition) is 1. The monoisotopic (exact) mass is 180 g/mol. The second-order valence-corrected chi connectivity index (χ2v) is 3.18. The summed E-state index contributed by atoms with van der Waals surface area (Å²) in [6, 6.07) is 0. The standard InChI is InChI=1S/C7H6N3OS/c8-6(11)3-5-4-10-1-2-12-7(10)9-5/h1-4H,(H2,8,11). The number of primary amides is 1. The second kappa shape index (κ2) is 2.60. The molecular weight excluding hydrogens is 174 g/mol. The number of fused-ring (bicyclic) bond motifs is 1. The van der Waals surface area contributed by atoms with E-state index in [9.17, 15) is 4.79 Å². The maximum absolute atomic E-state index is 10.5. The average Bonchev–Trinajstić information content (AvgIpc) is 2.43. The summed E-state index contributed by atoms with van der Waals surface area (Å²) in [6.45, 7) is 0. The molecule has 2 N–H and O–H groups in total. The molecule has 1 radical (unpaired) electrons. The highest BCUT2D eigenvalue weighted by Gasteiger charge is 2.04. The molecule has 0 spiro atoms. The average molecular weight is 180 g/mol. The van der Waals surface area contributed by atoms with Crippen molar-refractivity contribution in [1.29, 1.82) is 0 Å². The minimum atomic E-state index is -0.472.